The Morgan fingerprint density at radius 2 is 1.81 bits per heavy atom. The van der Waals surface area contributed by atoms with Crippen LogP contribution in [0.3, 0.4) is 0 Å². The van der Waals surface area contributed by atoms with Crippen molar-refractivity contribution in [2.24, 2.45) is 0 Å². The molecule has 1 fully saturated rings. The second-order valence-electron chi connectivity index (χ2n) is 8.01. The molecule has 0 saturated carbocycles. The smallest absolute Gasteiger partial charge is 0.235 e. The fraction of sp³-hybridized carbons (Fsp3) is 0.375. The van der Waals surface area contributed by atoms with Crippen LogP contribution in [0.4, 0.5) is 0 Å². The van der Waals surface area contributed by atoms with E-state index in [9.17, 15) is 4.79 Å². The fourth-order valence-corrected chi connectivity index (χ4v) is 4.51. The van der Waals surface area contributed by atoms with Crippen molar-refractivity contribution in [3.63, 3.8) is 0 Å². The van der Waals surface area contributed by atoms with Crippen molar-refractivity contribution in [1.82, 2.24) is 9.80 Å². The summed E-state index contributed by atoms with van der Waals surface area (Å²) in [5.41, 5.74) is 1.27. The Hall–Kier alpha value is -2.39. The zero-order valence-electron chi connectivity index (χ0n) is 17.7. The summed E-state index contributed by atoms with van der Waals surface area (Å²) in [6.45, 7) is 6.82. The molecule has 8 heteroatoms. The number of hydrogen-bond acceptors (Lipinski definition) is 7. The van der Waals surface area contributed by atoms with Crippen LogP contribution in [0.1, 0.15) is 12.0 Å². The van der Waals surface area contributed by atoms with Gasteiger partial charge in [-0.25, -0.2) is 0 Å². The number of benzene rings is 2. The Labute approximate surface area is 194 Å². The molecule has 0 radical (unpaired) electrons. The van der Waals surface area contributed by atoms with Gasteiger partial charge in [0.15, 0.2) is 0 Å². The number of halogens is 1. The lowest BCUT2D eigenvalue weighted by atomic mass is 10.1. The van der Waals surface area contributed by atoms with Gasteiger partial charge in [-0.2, -0.15) is 0 Å². The molecule has 3 aromatic rings. The molecule has 2 aliphatic rings. The van der Waals surface area contributed by atoms with E-state index in [2.05, 4.69) is 25.7 Å². The zero-order chi connectivity index (χ0) is 21.9. The van der Waals surface area contributed by atoms with Gasteiger partial charge in [-0.1, -0.05) is 12.1 Å². The van der Waals surface area contributed by atoms with Crippen LogP contribution in [0, 0.1) is 0 Å². The van der Waals surface area contributed by atoms with Gasteiger partial charge in [-0.3, -0.25) is 14.6 Å². The second kappa shape index (κ2) is 9.62. The normalized spacial score (nSPS) is 17.2. The third kappa shape index (κ3) is 4.54. The van der Waals surface area contributed by atoms with Crippen molar-refractivity contribution in [2.75, 3.05) is 46.1 Å². The van der Waals surface area contributed by atoms with Gasteiger partial charge >= 0.3 is 0 Å². The van der Waals surface area contributed by atoms with Gasteiger partial charge in [-0.05, 0) is 53.2 Å². The van der Waals surface area contributed by atoms with Crippen LogP contribution in [0.2, 0.25) is 0 Å². The van der Waals surface area contributed by atoms with Crippen LogP contribution in [0.25, 0.3) is 11.0 Å². The Kier molecular flexibility index (Phi) is 6.45. The predicted molar refractivity (Wildman–Crippen MR) is 124 cm³/mol. The highest BCUT2D eigenvalue weighted by molar-refractivity contribution is 9.10. The van der Waals surface area contributed by atoms with E-state index in [-0.39, 0.29) is 11.2 Å². The highest BCUT2D eigenvalue weighted by Crippen LogP contribution is 2.33. The summed E-state index contributed by atoms with van der Waals surface area (Å²) >= 11 is 3.44. The number of rotatable bonds is 6. The minimum absolute atomic E-state index is 0.156. The van der Waals surface area contributed by atoms with Gasteiger partial charge in [-0.15, -0.1) is 0 Å². The largest absolute Gasteiger partial charge is 0.478 e. The molecule has 0 unspecified atom stereocenters. The lowest BCUT2D eigenvalue weighted by molar-refractivity contribution is 0.0330. The molecule has 0 amide bonds. The summed E-state index contributed by atoms with van der Waals surface area (Å²) in [4.78, 5) is 17.8. The molecule has 1 aromatic heterocycles. The Morgan fingerprint density at radius 1 is 1.00 bits per heavy atom. The van der Waals surface area contributed by atoms with Crippen molar-refractivity contribution in [1.29, 1.82) is 0 Å². The van der Waals surface area contributed by atoms with Crippen LogP contribution in [0.15, 0.2) is 56.3 Å². The van der Waals surface area contributed by atoms with E-state index < -0.39 is 0 Å². The Bertz CT molecular complexity index is 1160. The molecule has 5 rings (SSSR count). The summed E-state index contributed by atoms with van der Waals surface area (Å²) in [5, 5.41) is 0.493. The maximum absolute atomic E-state index is 13.1. The first-order valence-corrected chi connectivity index (χ1v) is 11.6. The van der Waals surface area contributed by atoms with Crippen molar-refractivity contribution < 1.29 is 18.6 Å². The molecule has 1 saturated heterocycles. The van der Waals surface area contributed by atoms with Crippen molar-refractivity contribution in [3.8, 4) is 17.2 Å². The number of fused-ring (bicyclic) bond motifs is 3. The van der Waals surface area contributed by atoms with Crippen molar-refractivity contribution in [3.05, 3.63) is 62.9 Å². The molecule has 168 valence electrons. The van der Waals surface area contributed by atoms with E-state index >= 15 is 0 Å². The number of para-hydroxylation sites is 1. The first kappa shape index (κ1) is 21.5. The number of morpholine rings is 1. The molecular formula is C24H25BrN2O5. The molecule has 2 aromatic carbocycles. The van der Waals surface area contributed by atoms with Crippen LogP contribution < -0.4 is 14.9 Å². The molecule has 0 aliphatic carbocycles. The van der Waals surface area contributed by atoms with Crippen LogP contribution in [-0.2, 0) is 11.3 Å². The summed E-state index contributed by atoms with van der Waals surface area (Å²) in [6, 6.07) is 11.0. The maximum atomic E-state index is 13.1. The monoisotopic (exact) mass is 500 g/mol. The molecule has 3 heterocycles. The van der Waals surface area contributed by atoms with E-state index in [1.165, 1.54) is 6.26 Å². The first-order valence-electron chi connectivity index (χ1n) is 10.8. The molecular weight excluding hydrogens is 476 g/mol. The lowest BCUT2D eigenvalue weighted by Crippen LogP contribution is -2.39. The molecule has 0 spiro atoms. The van der Waals surface area contributed by atoms with E-state index in [1.54, 1.807) is 12.1 Å². The fourth-order valence-electron chi connectivity index (χ4n) is 4.14. The van der Waals surface area contributed by atoms with Crippen molar-refractivity contribution >= 4 is 26.9 Å². The van der Waals surface area contributed by atoms with Gasteiger partial charge in [0, 0.05) is 26.2 Å². The predicted octanol–water partition coefficient (Wildman–Crippen LogP) is 4.22. The summed E-state index contributed by atoms with van der Waals surface area (Å²) < 4.78 is 23.9. The van der Waals surface area contributed by atoms with E-state index in [0.717, 1.165) is 61.6 Å². The Morgan fingerprint density at radius 3 is 2.66 bits per heavy atom. The first-order chi connectivity index (χ1) is 15.7. The highest BCUT2D eigenvalue weighted by atomic mass is 79.9. The van der Waals surface area contributed by atoms with Crippen molar-refractivity contribution in [2.45, 2.75) is 13.0 Å². The molecule has 0 atom stereocenters. The van der Waals surface area contributed by atoms with Crippen LogP contribution in [-0.4, -0.2) is 55.9 Å². The van der Waals surface area contributed by atoms with Crippen LogP contribution in [0.5, 0.6) is 17.2 Å². The average molecular weight is 501 g/mol. The topological polar surface area (TPSA) is 64.4 Å². The summed E-state index contributed by atoms with van der Waals surface area (Å²) in [6.07, 6.45) is 2.44. The van der Waals surface area contributed by atoms with Gasteiger partial charge in [0.1, 0.15) is 30.1 Å². The SMILES string of the molecule is O=c1c(Oc2ccccc2Br)coc2c3c(ccc12)OCN(CCCN1CCOCC1)C3. The minimum atomic E-state index is -0.200. The summed E-state index contributed by atoms with van der Waals surface area (Å²) in [7, 11) is 0. The second-order valence-corrected chi connectivity index (χ2v) is 8.87. The third-order valence-corrected chi connectivity index (χ3v) is 6.52. The van der Waals surface area contributed by atoms with Gasteiger partial charge in [0.25, 0.3) is 0 Å². The quantitative estimate of drug-likeness (QED) is 0.501. The van der Waals surface area contributed by atoms with Gasteiger partial charge in [0.05, 0.1) is 28.6 Å². The van der Waals surface area contributed by atoms with Gasteiger partial charge in [0.2, 0.25) is 11.2 Å². The number of ether oxygens (including phenoxy) is 3. The molecule has 32 heavy (non-hydrogen) atoms. The third-order valence-electron chi connectivity index (χ3n) is 5.86. The van der Waals surface area contributed by atoms with E-state index in [0.29, 0.717) is 30.0 Å². The highest BCUT2D eigenvalue weighted by Gasteiger charge is 2.23. The zero-order valence-corrected chi connectivity index (χ0v) is 19.3. The minimum Gasteiger partial charge on any atom is -0.478 e. The van der Waals surface area contributed by atoms with E-state index in [4.69, 9.17) is 18.6 Å². The number of hydrogen-bond donors (Lipinski definition) is 0. The summed E-state index contributed by atoms with van der Waals surface area (Å²) in [5.74, 6) is 1.49. The molecule has 2 aliphatic heterocycles. The average Bonchev–Trinajstić information content (AvgIpc) is 2.82. The lowest BCUT2D eigenvalue weighted by Gasteiger charge is -2.31. The molecule has 0 N–H and O–H groups in total. The van der Waals surface area contributed by atoms with Crippen LogP contribution >= 0.6 is 15.9 Å². The Balaban J connectivity index is 1.32. The molecule has 0 bridgehead atoms. The van der Waals surface area contributed by atoms with Gasteiger partial charge < -0.3 is 18.6 Å². The standard InChI is InChI=1S/C24H25BrN2O5/c25-19-4-1-2-5-21(19)32-22-15-30-24-17(23(22)28)6-7-20-18(24)14-27(16-31-20)9-3-8-26-10-12-29-13-11-26/h1-2,4-7,15H,3,8-14,16H2. The number of nitrogens with zero attached hydrogens (tertiary/aromatic N) is 2. The molecule has 7 nitrogen and oxygen atoms in total. The van der Waals surface area contributed by atoms with E-state index in [1.807, 2.05) is 24.3 Å². The maximum Gasteiger partial charge on any atom is 0.235 e.